The topological polar surface area (TPSA) is 71.3 Å². The van der Waals surface area contributed by atoms with E-state index in [9.17, 15) is 0 Å². The Morgan fingerprint density at radius 2 is 2.04 bits per heavy atom. The predicted molar refractivity (Wildman–Crippen MR) is 101 cm³/mol. The highest BCUT2D eigenvalue weighted by atomic mass is 19.1. The highest BCUT2D eigenvalue weighted by Gasteiger charge is 2.21. The third-order valence-corrected chi connectivity index (χ3v) is 5.12. The number of aromatic nitrogens is 5. The molecule has 0 bridgehead atoms. The van der Waals surface area contributed by atoms with Gasteiger partial charge in [0.1, 0.15) is 11.4 Å². The molecule has 138 valence electrons. The van der Waals surface area contributed by atoms with Crippen molar-refractivity contribution in [1.82, 2.24) is 24.8 Å². The Morgan fingerprint density at radius 3 is 2.85 bits per heavy atom. The van der Waals surface area contributed by atoms with Crippen molar-refractivity contribution in [1.29, 1.82) is 0 Å². The summed E-state index contributed by atoms with van der Waals surface area (Å²) in [5, 5.41) is 12.4. The van der Waals surface area contributed by atoms with Gasteiger partial charge in [-0.1, -0.05) is 0 Å². The molecule has 1 fully saturated rings. The molecule has 0 aliphatic carbocycles. The van der Waals surface area contributed by atoms with Crippen molar-refractivity contribution in [2.45, 2.75) is 19.3 Å². The van der Waals surface area contributed by atoms with Gasteiger partial charge in [0.2, 0.25) is 0 Å². The first-order valence-corrected chi connectivity index (χ1v) is 9.06. The van der Waals surface area contributed by atoms with Gasteiger partial charge in [0, 0.05) is 30.9 Å². The van der Waals surface area contributed by atoms with Gasteiger partial charge in [-0.05, 0) is 31.4 Å². The molecule has 1 aliphatic rings. The van der Waals surface area contributed by atoms with Crippen LogP contribution >= 0.6 is 0 Å². The average Bonchev–Trinajstić information content (AvgIpc) is 3.31. The highest BCUT2D eigenvalue weighted by molar-refractivity contribution is 5.91. The minimum absolute atomic E-state index is 0.250. The fourth-order valence-electron chi connectivity index (χ4n) is 3.72. The molecule has 0 saturated carbocycles. The van der Waals surface area contributed by atoms with Crippen LogP contribution in [0.4, 0.5) is 10.2 Å². The summed E-state index contributed by atoms with van der Waals surface area (Å²) in [5.74, 6) is 1.07. The number of rotatable bonds is 3. The summed E-state index contributed by atoms with van der Waals surface area (Å²) in [4.78, 5) is 6.72. The number of hydrogen-bond donors (Lipinski definition) is 1. The van der Waals surface area contributed by atoms with E-state index in [2.05, 4.69) is 25.2 Å². The number of ether oxygens (including phenoxy) is 1. The zero-order valence-corrected chi connectivity index (χ0v) is 14.9. The molecule has 27 heavy (non-hydrogen) atoms. The molecule has 0 spiro atoms. The third kappa shape index (κ3) is 2.59. The molecule has 7 nitrogen and oxygen atoms in total. The van der Waals surface area contributed by atoms with Crippen LogP contribution in [0.1, 0.15) is 19.3 Å². The number of hydrogen-bond acceptors (Lipinski definition) is 5. The smallest absolute Gasteiger partial charge is 0.160 e. The molecule has 1 aliphatic heterocycles. The largest absolute Gasteiger partial charge is 0.497 e. The highest BCUT2D eigenvalue weighted by Crippen LogP contribution is 2.32. The minimum Gasteiger partial charge on any atom is -0.497 e. The second-order valence-corrected chi connectivity index (χ2v) is 6.76. The van der Waals surface area contributed by atoms with Gasteiger partial charge in [0.15, 0.2) is 17.3 Å². The summed E-state index contributed by atoms with van der Waals surface area (Å²) >= 11 is 0. The number of nitrogens with one attached hydrogen (secondary N) is 1. The van der Waals surface area contributed by atoms with Crippen LogP contribution in [0.5, 0.6) is 5.75 Å². The van der Waals surface area contributed by atoms with E-state index in [1.54, 1.807) is 30.1 Å². The number of anilines is 1. The van der Waals surface area contributed by atoms with Crippen molar-refractivity contribution in [2.24, 2.45) is 0 Å². The van der Waals surface area contributed by atoms with E-state index in [0.29, 0.717) is 22.3 Å². The molecule has 5 heterocycles. The zero-order valence-electron chi connectivity index (χ0n) is 14.9. The fourth-order valence-corrected chi connectivity index (χ4v) is 3.72. The van der Waals surface area contributed by atoms with Gasteiger partial charge in [-0.2, -0.15) is 10.2 Å². The molecule has 0 atom stereocenters. The monoisotopic (exact) mass is 366 g/mol. The first kappa shape index (κ1) is 16.0. The van der Waals surface area contributed by atoms with E-state index >= 15 is 4.39 Å². The lowest BCUT2D eigenvalue weighted by Crippen LogP contribution is -2.29. The standard InChI is InChI=1S/C19H19FN6O/c1-27-12-5-8-26-16(9-12)14(11-21-26)17-15(20)10-13-18(22-17)23-24-19(13)25-6-3-2-4-7-25/h5,8-11H,2-4,6-7H2,1H3,(H,22,23,24). The summed E-state index contributed by atoms with van der Waals surface area (Å²) in [5.41, 5.74) is 2.17. The number of piperidine rings is 1. The van der Waals surface area contributed by atoms with Crippen LogP contribution in [0.15, 0.2) is 30.6 Å². The van der Waals surface area contributed by atoms with Crippen LogP contribution in [0.3, 0.4) is 0 Å². The molecule has 8 heteroatoms. The summed E-state index contributed by atoms with van der Waals surface area (Å²) in [6.07, 6.45) is 6.89. The van der Waals surface area contributed by atoms with Gasteiger partial charge < -0.3 is 9.64 Å². The predicted octanol–water partition coefficient (Wildman–Crippen LogP) is 3.41. The number of aromatic amines is 1. The Hall–Kier alpha value is -3.16. The van der Waals surface area contributed by atoms with Gasteiger partial charge in [-0.25, -0.2) is 13.9 Å². The van der Waals surface area contributed by atoms with E-state index in [-0.39, 0.29) is 11.5 Å². The van der Waals surface area contributed by atoms with Crippen LogP contribution in [-0.2, 0) is 0 Å². The van der Waals surface area contributed by atoms with Crippen LogP contribution in [-0.4, -0.2) is 45.0 Å². The lowest BCUT2D eigenvalue weighted by atomic mass is 10.1. The maximum atomic E-state index is 15.0. The maximum Gasteiger partial charge on any atom is 0.160 e. The number of nitrogens with zero attached hydrogens (tertiary/aromatic N) is 5. The van der Waals surface area contributed by atoms with Crippen molar-refractivity contribution in [3.05, 3.63) is 36.4 Å². The molecule has 0 aromatic carbocycles. The Balaban J connectivity index is 1.63. The average molecular weight is 366 g/mol. The lowest BCUT2D eigenvalue weighted by molar-refractivity contribution is 0.414. The molecule has 4 aromatic heterocycles. The fraction of sp³-hybridized carbons (Fsp3) is 0.316. The second kappa shape index (κ2) is 6.22. The maximum absolute atomic E-state index is 15.0. The number of fused-ring (bicyclic) bond motifs is 2. The molecular weight excluding hydrogens is 347 g/mol. The van der Waals surface area contributed by atoms with Crippen molar-refractivity contribution >= 4 is 22.4 Å². The first-order chi connectivity index (χ1) is 13.2. The van der Waals surface area contributed by atoms with Gasteiger partial charge in [0.05, 0.1) is 24.2 Å². The summed E-state index contributed by atoms with van der Waals surface area (Å²) in [6.45, 7) is 1.88. The van der Waals surface area contributed by atoms with Gasteiger partial charge >= 0.3 is 0 Å². The summed E-state index contributed by atoms with van der Waals surface area (Å²) in [7, 11) is 1.60. The normalized spacial score (nSPS) is 15.0. The van der Waals surface area contributed by atoms with Crippen molar-refractivity contribution in [2.75, 3.05) is 25.1 Å². The van der Waals surface area contributed by atoms with Crippen molar-refractivity contribution < 1.29 is 9.13 Å². The number of pyridine rings is 2. The Bertz CT molecular complexity index is 1130. The Kier molecular flexibility index (Phi) is 3.70. The SMILES string of the molecule is COc1ccn2ncc(-c3nc4[nH]nc(N5CCCCC5)c4cc3F)c2c1. The van der Waals surface area contributed by atoms with Crippen molar-refractivity contribution in [3.8, 4) is 17.0 Å². The minimum atomic E-state index is -0.389. The number of H-pyrrole nitrogens is 1. The molecule has 5 rings (SSSR count). The van der Waals surface area contributed by atoms with Crippen LogP contribution in [0.25, 0.3) is 27.8 Å². The van der Waals surface area contributed by atoms with E-state index < -0.39 is 0 Å². The van der Waals surface area contributed by atoms with Gasteiger partial charge in [0.25, 0.3) is 0 Å². The summed E-state index contributed by atoms with van der Waals surface area (Å²) < 4.78 is 22.0. The van der Waals surface area contributed by atoms with Crippen molar-refractivity contribution in [3.63, 3.8) is 0 Å². The third-order valence-electron chi connectivity index (χ3n) is 5.12. The number of methoxy groups -OCH3 is 1. The molecule has 1 saturated heterocycles. The Labute approximate surface area is 154 Å². The molecule has 4 aromatic rings. The van der Waals surface area contributed by atoms with E-state index in [0.717, 1.165) is 37.3 Å². The van der Waals surface area contributed by atoms with Gasteiger partial charge in [-0.15, -0.1) is 0 Å². The quantitative estimate of drug-likeness (QED) is 0.602. The van der Waals surface area contributed by atoms with E-state index in [1.807, 2.05) is 6.07 Å². The number of halogens is 1. The molecule has 0 radical (unpaired) electrons. The second-order valence-electron chi connectivity index (χ2n) is 6.76. The first-order valence-electron chi connectivity index (χ1n) is 9.06. The molecule has 1 N–H and O–H groups in total. The van der Waals surface area contributed by atoms with Crippen LogP contribution in [0, 0.1) is 5.82 Å². The Morgan fingerprint density at radius 1 is 1.19 bits per heavy atom. The zero-order chi connectivity index (χ0) is 18.4. The van der Waals surface area contributed by atoms with Gasteiger partial charge in [-0.3, -0.25) is 5.10 Å². The molecule has 0 unspecified atom stereocenters. The van der Waals surface area contributed by atoms with Crippen LogP contribution in [0.2, 0.25) is 0 Å². The lowest BCUT2D eigenvalue weighted by Gasteiger charge is -2.26. The summed E-state index contributed by atoms with van der Waals surface area (Å²) in [6, 6.07) is 5.14. The van der Waals surface area contributed by atoms with E-state index in [1.165, 1.54) is 12.5 Å². The molecule has 0 amide bonds. The molecular formula is C19H19FN6O. The van der Waals surface area contributed by atoms with E-state index in [4.69, 9.17) is 4.74 Å². The van der Waals surface area contributed by atoms with Crippen LogP contribution < -0.4 is 9.64 Å².